The third kappa shape index (κ3) is 3.17. The highest BCUT2D eigenvalue weighted by Crippen LogP contribution is 2.22. The first-order valence-electron chi connectivity index (χ1n) is 5.66. The minimum absolute atomic E-state index is 0.440. The summed E-state index contributed by atoms with van der Waals surface area (Å²) in [4.78, 5) is 17.7. The standard InChI is InChI=1S/C12H20N4O/c1-8-7-10(16(3)6-4-5-13)11(12(14)17)9(2)15-8/h7H,4-6,13H2,1-3H3,(H2,14,17). The quantitative estimate of drug-likeness (QED) is 0.783. The van der Waals surface area contributed by atoms with Gasteiger partial charge in [0.25, 0.3) is 5.91 Å². The van der Waals surface area contributed by atoms with Gasteiger partial charge >= 0.3 is 0 Å². The maximum Gasteiger partial charge on any atom is 0.252 e. The van der Waals surface area contributed by atoms with Crippen LogP contribution in [-0.2, 0) is 0 Å². The summed E-state index contributed by atoms with van der Waals surface area (Å²) in [7, 11) is 1.93. The Bertz CT molecular complexity index is 417. The summed E-state index contributed by atoms with van der Waals surface area (Å²) in [6, 6.07) is 1.88. The topological polar surface area (TPSA) is 85.2 Å². The maximum absolute atomic E-state index is 11.5. The highest BCUT2D eigenvalue weighted by Gasteiger charge is 2.16. The molecule has 94 valence electrons. The molecule has 0 aliphatic carbocycles. The first-order valence-corrected chi connectivity index (χ1v) is 5.66. The molecule has 0 atom stereocenters. The Balaban J connectivity index is 3.15. The third-order valence-electron chi connectivity index (χ3n) is 2.66. The zero-order valence-electron chi connectivity index (χ0n) is 10.7. The van der Waals surface area contributed by atoms with Gasteiger partial charge in [-0.2, -0.15) is 0 Å². The summed E-state index contributed by atoms with van der Waals surface area (Å²) in [6.45, 7) is 5.12. The Labute approximate surface area is 102 Å². The lowest BCUT2D eigenvalue weighted by Gasteiger charge is -2.22. The van der Waals surface area contributed by atoms with E-state index in [1.807, 2.05) is 24.9 Å². The number of hydrogen-bond acceptors (Lipinski definition) is 4. The second-order valence-corrected chi connectivity index (χ2v) is 4.17. The van der Waals surface area contributed by atoms with Gasteiger partial charge in [0, 0.05) is 19.3 Å². The number of rotatable bonds is 5. The van der Waals surface area contributed by atoms with Crippen molar-refractivity contribution in [2.24, 2.45) is 11.5 Å². The van der Waals surface area contributed by atoms with Crippen LogP contribution in [0.25, 0.3) is 0 Å². The molecule has 17 heavy (non-hydrogen) atoms. The molecule has 1 amide bonds. The molecule has 0 bridgehead atoms. The molecule has 4 N–H and O–H groups in total. The molecule has 0 unspecified atom stereocenters. The van der Waals surface area contributed by atoms with E-state index >= 15 is 0 Å². The molecular weight excluding hydrogens is 216 g/mol. The SMILES string of the molecule is Cc1cc(N(C)CCCN)c(C(N)=O)c(C)n1. The molecule has 0 saturated heterocycles. The van der Waals surface area contributed by atoms with Crippen molar-refractivity contribution in [2.45, 2.75) is 20.3 Å². The molecular formula is C12H20N4O. The summed E-state index contributed by atoms with van der Waals surface area (Å²) in [5, 5.41) is 0. The van der Waals surface area contributed by atoms with E-state index in [1.165, 1.54) is 0 Å². The summed E-state index contributed by atoms with van der Waals surface area (Å²) >= 11 is 0. The average molecular weight is 236 g/mol. The molecule has 5 nitrogen and oxygen atoms in total. The van der Waals surface area contributed by atoms with Crippen molar-refractivity contribution in [3.63, 3.8) is 0 Å². The van der Waals surface area contributed by atoms with Crippen molar-refractivity contribution in [3.8, 4) is 0 Å². The zero-order chi connectivity index (χ0) is 13.0. The normalized spacial score (nSPS) is 10.4. The molecule has 0 saturated carbocycles. The molecule has 1 heterocycles. The fourth-order valence-electron chi connectivity index (χ4n) is 1.86. The van der Waals surface area contributed by atoms with Gasteiger partial charge < -0.3 is 16.4 Å². The van der Waals surface area contributed by atoms with E-state index in [-0.39, 0.29) is 0 Å². The fraction of sp³-hybridized carbons (Fsp3) is 0.500. The zero-order valence-corrected chi connectivity index (χ0v) is 10.7. The molecule has 1 aromatic rings. The van der Waals surface area contributed by atoms with Crippen molar-refractivity contribution in [2.75, 3.05) is 25.0 Å². The Morgan fingerprint density at radius 2 is 2.12 bits per heavy atom. The molecule has 0 radical (unpaired) electrons. The number of anilines is 1. The Morgan fingerprint density at radius 1 is 1.47 bits per heavy atom. The van der Waals surface area contributed by atoms with Gasteiger partial charge in [-0.3, -0.25) is 9.78 Å². The lowest BCUT2D eigenvalue weighted by atomic mass is 10.1. The van der Waals surface area contributed by atoms with Gasteiger partial charge in [0.1, 0.15) is 0 Å². The number of aromatic nitrogens is 1. The number of nitrogens with two attached hydrogens (primary N) is 2. The van der Waals surface area contributed by atoms with Gasteiger partial charge in [0.15, 0.2) is 0 Å². The molecule has 0 fully saturated rings. The van der Waals surface area contributed by atoms with Crippen LogP contribution in [0.1, 0.15) is 28.2 Å². The average Bonchev–Trinajstić information content (AvgIpc) is 2.23. The molecule has 0 aliphatic heterocycles. The number of carbonyl (C=O) groups excluding carboxylic acids is 1. The van der Waals surface area contributed by atoms with Crippen LogP contribution < -0.4 is 16.4 Å². The van der Waals surface area contributed by atoms with Crippen LogP contribution in [0.2, 0.25) is 0 Å². The van der Waals surface area contributed by atoms with Gasteiger partial charge in [0.05, 0.1) is 16.9 Å². The Kier molecular flexibility index (Phi) is 4.45. The van der Waals surface area contributed by atoms with Gasteiger partial charge in [-0.05, 0) is 32.9 Å². The van der Waals surface area contributed by atoms with E-state index in [0.29, 0.717) is 17.8 Å². The summed E-state index contributed by atoms with van der Waals surface area (Å²) in [6.07, 6.45) is 0.870. The molecule has 1 aromatic heterocycles. The van der Waals surface area contributed by atoms with Gasteiger partial charge in [-0.15, -0.1) is 0 Å². The van der Waals surface area contributed by atoms with E-state index < -0.39 is 5.91 Å². The Morgan fingerprint density at radius 3 is 2.65 bits per heavy atom. The van der Waals surface area contributed by atoms with Gasteiger partial charge in [0.2, 0.25) is 0 Å². The monoisotopic (exact) mass is 236 g/mol. The number of pyridine rings is 1. The fourth-order valence-corrected chi connectivity index (χ4v) is 1.86. The third-order valence-corrected chi connectivity index (χ3v) is 2.66. The van der Waals surface area contributed by atoms with Gasteiger partial charge in [-0.25, -0.2) is 0 Å². The largest absolute Gasteiger partial charge is 0.374 e. The second-order valence-electron chi connectivity index (χ2n) is 4.17. The maximum atomic E-state index is 11.5. The van der Waals surface area contributed by atoms with Crippen LogP contribution in [0.5, 0.6) is 0 Å². The number of primary amides is 1. The summed E-state index contributed by atoms with van der Waals surface area (Å²) < 4.78 is 0. The minimum atomic E-state index is -0.440. The number of amides is 1. The van der Waals surface area contributed by atoms with Crippen molar-refractivity contribution in [1.29, 1.82) is 0 Å². The second kappa shape index (κ2) is 5.63. The van der Waals surface area contributed by atoms with E-state index in [0.717, 1.165) is 24.3 Å². The predicted molar refractivity (Wildman–Crippen MR) is 69.2 cm³/mol. The van der Waals surface area contributed by atoms with Crippen molar-refractivity contribution >= 4 is 11.6 Å². The van der Waals surface area contributed by atoms with E-state index in [9.17, 15) is 4.79 Å². The van der Waals surface area contributed by atoms with E-state index in [4.69, 9.17) is 11.5 Å². The first kappa shape index (κ1) is 13.4. The molecule has 0 aromatic carbocycles. The van der Waals surface area contributed by atoms with Crippen molar-refractivity contribution in [1.82, 2.24) is 4.98 Å². The number of aryl methyl sites for hydroxylation is 2. The number of nitrogens with zero attached hydrogens (tertiary/aromatic N) is 2. The van der Waals surface area contributed by atoms with Crippen LogP contribution in [-0.4, -0.2) is 31.0 Å². The summed E-state index contributed by atoms with van der Waals surface area (Å²) in [5.41, 5.74) is 13.8. The number of hydrogen-bond donors (Lipinski definition) is 2. The first-order chi connectivity index (χ1) is 7.97. The van der Waals surface area contributed by atoms with Crippen LogP contribution in [0.4, 0.5) is 5.69 Å². The molecule has 1 rings (SSSR count). The van der Waals surface area contributed by atoms with Crippen molar-refractivity contribution in [3.05, 3.63) is 23.0 Å². The van der Waals surface area contributed by atoms with E-state index in [2.05, 4.69) is 4.98 Å². The smallest absolute Gasteiger partial charge is 0.252 e. The van der Waals surface area contributed by atoms with Crippen LogP contribution in [0.3, 0.4) is 0 Å². The van der Waals surface area contributed by atoms with Crippen LogP contribution in [0, 0.1) is 13.8 Å². The summed E-state index contributed by atoms with van der Waals surface area (Å²) in [5.74, 6) is -0.440. The molecule has 0 spiro atoms. The van der Waals surface area contributed by atoms with Crippen molar-refractivity contribution < 1.29 is 4.79 Å². The van der Waals surface area contributed by atoms with Crippen LogP contribution >= 0.6 is 0 Å². The van der Waals surface area contributed by atoms with Gasteiger partial charge in [-0.1, -0.05) is 0 Å². The minimum Gasteiger partial charge on any atom is -0.374 e. The van der Waals surface area contributed by atoms with E-state index in [1.54, 1.807) is 6.92 Å². The van der Waals surface area contributed by atoms with Crippen LogP contribution in [0.15, 0.2) is 6.07 Å². The molecule has 5 heteroatoms. The lowest BCUT2D eigenvalue weighted by Crippen LogP contribution is -2.26. The lowest BCUT2D eigenvalue weighted by molar-refractivity contribution is 0.1000. The Hall–Kier alpha value is -1.62. The highest BCUT2D eigenvalue weighted by atomic mass is 16.1. The highest BCUT2D eigenvalue weighted by molar-refractivity contribution is 5.99. The predicted octanol–water partition coefficient (Wildman–Crippen LogP) is 0.582. The molecule has 0 aliphatic rings. The number of carbonyl (C=O) groups is 1.